The predicted octanol–water partition coefficient (Wildman–Crippen LogP) is 1.66. The Bertz CT molecular complexity index is 93.9. The molecule has 0 saturated carbocycles. The van der Waals surface area contributed by atoms with Crippen molar-refractivity contribution < 1.29 is 14.6 Å². The van der Waals surface area contributed by atoms with Gasteiger partial charge in [0.15, 0.2) is 5.06 Å². The minimum Gasteiger partial charge on any atom is -0.450 e. The van der Waals surface area contributed by atoms with E-state index < -0.39 is 11.2 Å². The first-order chi connectivity index (χ1) is 3.42. The molecular weight excluding hydrogens is 131 g/mol. The standard InChI is InChI=1S/C4H7ClO3/c1-4(2,5)8-3(6)7/h1-2H3,(H,6,7). The van der Waals surface area contributed by atoms with Crippen molar-refractivity contribution in [3.8, 4) is 0 Å². The highest BCUT2D eigenvalue weighted by Gasteiger charge is 2.17. The maximum Gasteiger partial charge on any atom is 0.507 e. The van der Waals surface area contributed by atoms with E-state index in [1.807, 2.05) is 0 Å². The van der Waals surface area contributed by atoms with Crippen LogP contribution in [0.4, 0.5) is 4.79 Å². The third kappa shape index (κ3) is 5.56. The average molecular weight is 139 g/mol. The lowest BCUT2D eigenvalue weighted by Gasteiger charge is -2.12. The van der Waals surface area contributed by atoms with Gasteiger partial charge in [0.1, 0.15) is 0 Å². The van der Waals surface area contributed by atoms with Crippen LogP contribution in [-0.2, 0) is 4.74 Å². The van der Waals surface area contributed by atoms with Gasteiger partial charge >= 0.3 is 6.16 Å². The largest absolute Gasteiger partial charge is 0.507 e. The number of hydrogen-bond acceptors (Lipinski definition) is 2. The van der Waals surface area contributed by atoms with Crippen LogP contribution in [0.15, 0.2) is 0 Å². The van der Waals surface area contributed by atoms with Crippen molar-refractivity contribution in [3.05, 3.63) is 0 Å². The molecule has 0 aromatic rings. The molecular formula is C4H7ClO3. The molecule has 0 atom stereocenters. The Balaban J connectivity index is 3.55. The zero-order chi connectivity index (χ0) is 6.78. The van der Waals surface area contributed by atoms with Gasteiger partial charge in [-0.1, -0.05) is 11.6 Å². The third-order valence-electron chi connectivity index (χ3n) is 0.330. The normalized spacial score (nSPS) is 10.9. The fourth-order valence-electron chi connectivity index (χ4n) is 0.208. The molecule has 0 saturated heterocycles. The van der Waals surface area contributed by atoms with E-state index >= 15 is 0 Å². The molecule has 0 bridgehead atoms. The Kier molecular flexibility index (Phi) is 2.10. The Morgan fingerprint density at radius 3 is 2.12 bits per heavy atom. The van der Waals surface area contributed by atoms with Crippen LogP contribution in [0.5, 0.6) is 0 Å². The average Bonchev–Trinajstić information content (AvgIpc) is 1.21. The topological polar surface area (TPSA) is 46.5 Å². The molecule has 0 aromatic carbocycles. The molecule has 0 fully saturated rings. The molecule has 4 heteroatoms. The highest BCUT2D eigenvalue weighted by Crippen LogP contribution is 2.13. The zero-order valence-corrected chi connectivity index (χ0v) is 5.40. The molecule has 0 heterocycles. The van der Waals surface area contributed by atoms with Crippen molar-refractivity contribution >= 4 is 17.8 Å². The van der Waals surface area contributed by atoms with Crippen molar-refractivity contribution in [2.24, 2.45) is 0 Å². The number of hydrogen-bond donors (Lipinski definition) is 1. The van der Waals surface area contributed by atoms with Crippen molar-refractivity contribution in [1.82, 2.24) is 0 Å². The Labute approximate surface area is 52.2 Å². The fourth-order valence-corrected chi connectivity index (χ4v) is 0.274. The first kappa shape index (κ1) is 7.56. The van der Waals surface area contributed by atoms with Crippen LogP contribution in [0.25, 0.3) is 0 Å². The number of carboxylic acid groups (broad SMARTS) is 1. The summed E-state index contributed by atoms with van der Waals surface area (Å²) in [4.78, 5) is 9.71. The van der Waals surface area contributed by atoms with E-state index in [1.165, 1.54) is 13.8 Å². The van der Waals surface area contributed by atoms with Gasteiger partial charge in [-0.15, -0.1) is 0 Å². The summed E-state index contributed by atoms with van der Waals surface area (Å²) >= 11 is 5.33. The summed E-state index contributed by atoms with van der Waals surface area (Å²) in [5, 5.41) is 6.84. The van der Waals surface area contributed by atoms with E-state index in [0.717, 1.165) is 0 Å². The van der Waals surface area contributed by atoms with E-state index in [9.17, 15) is 4.79 Å². The van der Waals surface area contributed by atoms with Crippen molar-refractivity contribution in [3.63, 3.8) is 0 Å². The van der Waals surface area contributed by atoms with E-state index in [2.05, 4.69) is 4.74 Å². The van der Waals surface area contributed by atoms with Crippen LogP contribution >= 0.6 is 11.6 Å². The lowest BCUT2D eigenvalue weighted by Crippen LogP contribution is -2.19. The molecule has 8 heavy (non-hydrogen) atoms. The molecule has 0 radical (unpaired) electrons. The minimum absolute atomic E-state index is 1.11. The SMILES string of the molecule is CC(C)(Cl)OC(=O)O. The molecule has 3 nitrogen and oxygen atoms in total. The first-order valence-electron chi connectivity index (χ1n) is 2.02. The smallest absolute Gasteiger partial charge is 0.450 e. The Morgan fingerprint density at radius 1 is 1.75 bits per heavy atom. The van der Waals surface area contributed by atoms with Gasteiger partial charge in [-0.05, 0) is 13.8 Å². The number of rotatable bonds is 1. The Hall–Kier alpha value is -0.440. The maximum atomic E-state index is 9.71. The number of carbonyl (C=O) groups is 1. The van der Waals surface area contributed by atoms with Crippen molar-refractivity contribution in [2.45, 2.75) is 18.9 Å². The number of ether oxygens (including phenoxy) is 1. The second kappa shape index (κ2) is 2.22. The van der Waals surface area contributed by atoms with E-state index in [0.29, 0.717) is 0 Å². The third-order valence-corrected chi connectivity index (χ3v) is 0.407. The van der Waals surface area contributed by atoms with Crippen LogP contribution in [0.3, 0.4) is 0 Å². The fraction of sp³-hybridized carbons (Fsp3) is 0.750. The molecule has 0 aliphatic rings. The van der Waals surface area contributed by atoms with Gasteiger partial charge in [-0.2, -0.15) is 0 Å². The van der Waals surface area contributed by atoms with Gasteiger partial charge in [-0.25, -0.2) is 4.79 Å². The number of halogens is 1. The quantitative estimate of drug-likeness (QED) is 0.443. The van der Waals surface area contributed by atoms with Gasteiger partial charge in [-0.3, -0.25) is 0 Å². The van der Waals surface area contributed by atoms with Crippen molar-refractivity contribution in [1.29, 1.82) is 0 Å². The molecule has 0 amide bonds. The van der Waals surface area contributed by atoms with Crippen LogP contribution < -0.4 is 0 Å². The molecule has 1 N–H and O–H groups in total. The lowest BCUT2D eigenvalue weighted by molar-refractivity contribution is 0.0477. The van der Waals surface area contributed by atoms with Gasteiger partial charge in [0.25, 0.3) is 0 Å². The van der Waals surface area contributed by atoms with Gasteiger partial charge in [0.05, 0.1) is 0 Å². The second-order valence-electron chi connectivity index (χ2n) is 1.73. The summed E-state index contributed by atoms with van der Waals surface area (Å²) in [6, 6.07) is 0. The van der Waals surface area contributed by atoms with Crippen molar-refractivity contribution in [2.75, 3.05) is 0 Å². The summed E-state index contributed by atoms with van der Waals surface area (Å²) in [6.07, 6.45) is -1.36. The van der Waals surface area contributed by atoms with E-state index in [-0.39, 0.29) is 0 Å². The molecule has 0 unspecified atom stereocenters. The molecule has 0 aromatic heterocycles. The summed E-state index contributed by atoms with van der Waals surface area (Å²) in [5.41, 5.74) is 0. The Morgan fingerprint density at radius 2 is 2.12 bits per heavy atom. The van der Waals surface area contributed by atoms with Crippen LogP contribution in [0, 0.1) is 0 Å². The van der Waals surface area contributed by atoms with Gasteiger partial charge in [0.2, 0.25) is 0 Å². The zero-order valence-electron chi connectivity index (χ0n) is 4.64. The second-order valence-corrected chi connectivity index (χ2v) is 2.64. The van der Waals surface area contributed by atoms with Crippen LogP contribution in [0.1, 0.15) is 13.8 Å². The van der Waals surface area contributed by atoms with Crippen LogP contribution in [-0.4, -0.2) is 16.3 Å². The summed E-state index contributed by atoms with van der Waals surface area (Å²) < 4.78 is 4.12. The maximum absolute atomic E-state index is 9.71. The summed E-state index contributed by atoms with van der Waals surface area (Å²) in [7, 11) is 0. The number of alkyl halides is 1. The van der Waals surface area contributed by atoms with E-state index in [4.69, 9.17) is 16.7 Å². The molecule has 0 rings (SSSR count). The van der Waals surface area contributed by atoms with E-state index in [1.54, 1.807) is 0 Å². The monoisotopic (exact) mass is 138 g/mol. The lowest BCUT2D eigenvalue weighted by atomic mass is 10.5. The molecule has 0 aliphatic heterocycles. The van der Waals surface area contributed by atoms with Crippen LogP contribution in [0.2, 0.25) is 0 Å². The molecule has 0 spiro atoms. The highest BCUT2D eigenvalue weighted by atomic mass is 35.5. The van der Waals surface area contributed by atoms with Gasteiger partial charge < -0.3 is 9.84 Å². The molecule has 0 aliphatic carbocycles. The predicted molar refractivity (Wildman–Crippen MR) is 29.0 cm³/mol. The minimum atomic E-state index is -1.36. The van der Waals surface area contributed by atoms with Gasteiger partial charge in [0, 0.05) is 0 Å². The summed E-state index contributed by atoms with van der Waals surface area (Å²) in [6.45, 7) is 2.89. The highest BCUT2D eigenvalue weighted by molar-refractivity contribution is 6.22. The first-order valence-corrected chi connectivity index (χ1v) is 2.40. The molecule has 48 valence electrons. The summed E-state index contributed by atoms with van der Waals surface area (Å²) in [5.74, 6) is 0.